The van der Waals surface area contributed by atoms with Crippen molar-refractivity contribution in [1.29, 1.82) is 0 Å². The molecule has 1 fully saturated rings. The third-order valence-corrected chi connectivity index (χ3v) is 3.80. The zero-order valence-electron chi connectivity index (χ0n) is 12.3. The maximum absolute atomic E-state index is 12.2. The molecule has 110 valence electrons. The standard InChI is InChI=1S/C16H25N3O/c1-2-18-16(20)14-9-8-13(17)12-15(14)19-10-6-4-3-5-7-11-19/h8-9,12H,2-7,10-11,17H2,1H3,(H,18,20). The molecule has 1 aliphatic rings. The van der Waals surface area contributed by atoms with Crippen LogP contribution in [0.3, 0.4) is 0 Å². The fourth-order valence-corrected chi connectivity index (χ4v) is 2.75. The van der Waals surface area contributed by atoms with Crippen LogP contribution in [-0.4, -0.2) is 25.5 Å². The van der Waals surface area contributed by atoms with Crippen LogP contribution in [0.25, 0.3) is 0 Å². The first-order valence-electron chi connectivity index (χ1n) is 7.65. The van der Waals surface area contributed by atoms with Crippen molar-refractivity contribution in [2.75, 3.05) is 30.3 Å². The van der Waals surface area contributed by atoms with E-state index < -0.39 is 0 Å². The lowest BCUT2D eigenvalue weighted by Crippen LogP contribution is -2.31. The molecule has 1 saturated heterocycles. The Bertz CT molecular complexity index is 451. The van der Waals surface area contributed by atoms with Gasteiger partial charge in [-0.1, -0.05) is 19.3 Å². The first kappa shape index (κ1) is 14.7. The van der Waals surface area contributed by atoms with Gasteiger partial charge < -0.3 is 16.0 Å². The van der Waals surface area contributed by atoms with Crippen LogP contribution in [0, 0.1) is 0 Å². The van der Waals surface area contributed by atoms with Gasteiger partial charge in [0.1, 0.15) is 0 Å². The molecule has 1 amide bonds. The van der Waals surface area contributed by atoms with E-state index in [0.29, 0.717) is 6.54 Å². The van der Waals surface area contributed by atoms with Crippen molar-refractivity contribution in [1.82, 2.24) is 5.32 Å². The number of hydrogen-bond donors (Lipinski definition) is 2. The molecule has 20 heavy (non-hydrogen) atoms. The van der Waals surface area contributed by atoms with Crippen LogP contribution < -0.4 is 16.0 Å². The van der Waals surface area contributed by atoms with E-state index >= 15 is 0 Å². The fraction of sp³-hybridized carbons (Fsp3) is 0.562. The quantitative estimate of drug-likeness (QED) is 0.834. The van der Waals surface area contributed by atoms with Crippen molar-refractivity contribution < 1.29 is 4.79 Å². The minimum Gasteiger partial charge on any atom is -0.399 e. The number of benzene rings is 1. The Labute approximate surface area is 121 Å². The number of nitrogen functional groups attached to an aromatic ring is 1. The van der Waals surface area contributed by atoms with Gasteiger partial charge in [-0.2, -0.15) is 0 Å². The van der Waals surface area contributed by atoms with E-state index in [1.54, 1.807) is 6.07 Å². The third kappa shape index (κ3) is 3.65. The summed E-state index contributed by atoms with van der Waals surface area (Å²) >= 11 is 0. The number of hydrogen-bond acceptors (Lipinski definition) is 3. The predicted octanol–water partition coefficient (Wildman–Crippen LogP) is 2.79. The Hall–Kier alpha value is -1.71. The van der Waals surface area contributed by atoms with Gasteiger partial charge in [-0.25, -0.2) is 0 Å². The molecule has 1 aliphatic heterocycles. The Morgan fingerprint density at radius 1 is 1.20 bits per heavy atom. The van der Waals surface area contributed by atoms with Gasteiger partial charge in [-0.15, -0.1) is 0 Å². The second-order valence-electron chi connectivity index (χ2n) is 5.39. The Morgan fingerprint density at radius 3 is 2.50 bits per heavy atom. The van der Waals surface area contributed by atoms with E-state index in [1.807, 2.05) is 19.1 Å². The lowest BCUT2D eigenvalue weighted by molar-refractivity contribution is 0.0956. The largest absolute Gasteiger partial charge is 0.399 e. The van der Waals surface area contributed by atoms with E-state index in [4.69, 9.17) is 5.73 Å². The molecule has 1 heterocycles. The molecule has 0 spiro atoms. The molecule has 0 saturated carbocycles. The number of nitrogens with one attached hydrogen (secondary N) is 1. The molecule has 4 nitrogen and oxygen atoms in total. The van der Waals surface area contributed by atoms with Gasteiger partial charge in [-0.05, 0) is 38.0 Å². The maximum atomic E-state index is 12.2. The number of anilines is 2. The fourth-order valence-electron chi connectivity index (χ4n) is 2.75. The van der Waals surface area contributed by atoms with Gasteiger partial charge in [0, 0.05) is 25.3 Å². The summed E-state index contributed by atoms with van der Waals surface area (Å²) in [6.07, 6.45) is 6.24. The van der Waals surface area contributed by atoms with E-state index in [9.17, 15) is 4.79 Å². The van der Waals surface area contributed by atoms with Crippen LogP contribution in [0.5, 0.6) is 0 Å². The number of nitrogens with zero attached hydrogens (tertiary/aromatic N) is 1. The smallest absolute Gasteiger partial charge is 0.253 e. The van der Waals surface area contributed by atoms with Crippen molar-refractivity contribution in [3.63, 3.8) is 0 Å². The zero-order chi connectivity index (χ0) is 14.4. The maximum Gasteiger partial charge on any atom is 0.253 e. The summed E-state index contributed by atoms with van der Waals surface area (Å²) in [4.78, 5) is 14.5. The van der Waals surface area contributed by atoms with Crippen LogP contribution >= 0.6 is 0 Å². The first-order valence-corrected chi connectivity index (χ1v) is 7.65. The second kappa shape index (κ2) is 7.17. The molecule has 1 aromatic rings. The van der Waals surface area contributed by atoms with Crippen molar-refractivity contribution in [3.05, 3.63) is 23.8 Å². The number of amides is 1. The van der Waals surface area contributed by atoms with Gasteiger partial charge in [-0.3, -0.25) is 4.79 Å². The molecule has 2 rings (SSSR count). The molecule has 0 aliphatic carbocycles. The second-order valence-corrected chi connectivity index (χ2v) is 5.39. The lowest BCUT2D eigenvalue weighted by Gasteiger charge is -2.28. The van der Waals surface area contributed by atoms with Crippen molar-refractivity contribution >= 4 is 17.3 Å². The summed E-state index contributed by atoms with van der Waals surface area (Å²) in [5.41, 5.74) is 8.36. The Morgan fingerprint density at radius 2 is 1.85 bits per heavy atom. The summed E-state index contributed by atoms with van der Waals surface area (Å²) in [5, 5.41) is 2.88. The first-order chi connectivity index (χ1) is 9.72. The lowest BCUT2D eigenvalue weighted by atomic mass is 10.1. The minimum absolute atomic E-state index is 0.00967. The van der Waals surface area contributed by atoms with E-state index in [1.165, 1.54) is 32.1 Å². The summed E-state index contributed by atoms with van der Waals surface area (Å²) < 4.78 is 0. The number of nitrogens with two attached hydrogens (primary N) is 1. The van der Waals surface area contributed by atoms with Crippen molar-refractivity contribution in [3.8, 4) is 0 Å². The molecule has 1 aromatic carbocycles. The molecule has 0 unspecified atom stereocenters. The highest BCUT2D eigenvalue weighted by Crippen LogP contribution is 2.26. The van der Waals surface area contributed by atoms with Crippen molar-refractivity contribution in [2.45, 2.75) is 39.0 Å². The van der Waals surface area contributed by atoms with E-state index in [2.05, 4.69) is 10.2 Å². The summed E-state index contributed by atoms with van der Waals surface area (Å²) in [6, 6.07) is 5.58. The van der Waals surface area contributed by atoms with Crippen LogP contribution in [0.2, 0.25) is 0 Å². The number of rotatable bonds is 3. The topological polar surface area (TPSA) is 58.4 Å². The molecular formula is C16H25N3O. The summed E-state index contributed by atoms with van der Waals surface area (Å²) in [5.74, 6) is -0.00967. The Kier molecular flexibility index (Phi) is 5.27. The van der Waals surface area contributed by atoms with Gasteiger partial charge >= 0.3 is 0 Å². The molecule has 0 radical (unpaired) electrons. The molecule has 0 aromatic heterocycles. The normalized spacial score (nSPS) is 16.4. The van der Waals surface area contributed by atoms with Gasteiger partial charge in [0.05, 0.1) is 11.3 Å². The summed E-state index contributed by atoms with van der Waals surface area (Å²) in [6.45, 7) is 4.60. The zero-order valence-corrected chi connectivity index (χ0v) is 12.3. The molecule has 4 heteroatoms. The van der Waals surface area contributed by atoms with Crippen LogP contribution in [0.15, 0.2) is 18.2 Å². The molecule has 0 bridgehead atoms. The SMILES string of the molecule is CCNC(=O)c1ccc(N)cc1N1CCCCCCC1. The highest BCUT2D eigenvalue weighted by molar-refractivity contribution is 6.00. The molecule has 3 N–H and O–H groups in total. The van der Waals surface area contributed by atoms with Gasteiger partial charge in [0.15, 0.2) is 0 Å². The van der Waals surface area contributed by atoms with Gasteiger partial charge in [0.2, 0.25) is 0 Å². The average Bonchev–Trinajstić information content (AvgIpc) is 2.38. The predicted molar refractivity (Wildman–Crippen MR) is 84.2 cm³/mol. The van der Waals surface area contributed by atoms with E-state index in [-0.39, 0.29) is 5.91 Å². The van der Waals surface area contributed by atoms with Crippen LogP contribution in [0.1, 0.15) is 49.4 Å². The minimum atomic E-state index is -0.00967. The van der Waals surface area contributed by atoms with Gasteiger partial charge in [0.25, 0.3) is 5.91 Å². The van der Waals surface area contributed by atoms with E-state index in [0.717, 1.165) is 30.0 Å². The van der Waals surface area contributed by atoms with Crippen molar-refractivity contribution in [2.24, 2.45) is 0 Å². The Balaban J connectivity index is 2.27. The number of carbonyl (C=O) groups is 1. The highest BCUT2D eigenvalue weighted by atomic mass is 16.1. The number of carbonyl (C=O) groups excluding carboxylic acids is 1. The molecular weight excluding hydrogens is 250 g/mol. The average molecular weight is 275 g/mol. The monoisotopic (exact) mass is 275 g/mol. The molecule has 0 atom stereocenters. The third-order valence-electron chi connectivity index (χ3n) is 3.80. The van der Waals surface area contributed by atoms with Crippen LogP contribution in [-0.2, 0) is 0 Å². The highest BCUT2D eigenvalue weighted by Gasteiger charge is 2.17. The van der Waals surface area contributed by atoms with Crippen LogP contribution in [0.4, 0.5) is 11.4 Å². The summed E-state index contributed by atoms with van der Waals surface area (Å²) in [7, 11) is 0.